The zero-order chi connectivity index (χ0) is 26.4. The van der Waals surface area contributed by atoms with Gasteiger partial charge in [-0.1, -0.05) is 106 Å². The van der Waals surface area contributed by atoms with Crippen LogP contribution in [0.4, 0.5) is 0 Å². The summed E-state index contributed by atoms with van der Waals surface area (Å²) in [5.41, 5.74) is 0. The minimum Gasteiger partial charge on any atom is -0.508 e. The Morgan fingerprint density at radius 2 is 0.757 bits per heavy atom. The van der Waals surface area contributed by atoms with Crippen LogP contribution in [-0.4, -0.2) is 17.0 Å². The molecule has 37 heavy (non-hydrogen) atoms. The number of benzene rings is 3. The Hall–Kier alpha value is -3.60. The lowest BCUT2D eigenvalue weighted by molar-refractivity contribution is -0.135. The van der Waals surface area contributed by atoms with Gasteiger partial charge in [0.05, 0.1) is 0 Å². The number of para-hydroxylation sites is 3. The van der Waals surface area contributed by atoms with E-state index < -0.39 is 0 Å². The predicted octanol–water partition coefficient (Wildman–Crippen LogP) is 8.27. The number of hydrogen-bond acceptors (Lipinski definition) is 5. The first-order valence-electron chi connectivity index (χ1n) is 13.4. The van der Waals surface area contributed by atoms with Crippen LogP contribution in [0.5, 0.6) is 17.2 Å². The summed E-state index contributed by atoms with van der Waals surface area (Å²) >= 11 is 0. The van der Waals surface area contributed by atoms with E-state index in [2.05, 4.69) is 0 Å². The fourth-order valence-electron chi connectivity index (χ4n) is 3.72. The molecule has 0 fully saturated rings. The van der Waals surface area contributed by atoms with Crippen molar-refractivity contribution < 1.29 is 24.2 Å². The highest BCUT2D eigenvalue weighted by molar-refractivity contribution is 5.72. The second-order valence-corrected chi connectivity index (χ2v) is 8.95. The Bertz CT molecular complexity index is 910. The third kappa shape index (κ3) is 15.9. The monoisotopic (exact) mass is 504 g/mol. The standard InChI is InChI=1S/C26H34O4.C6H6O/c27-25(29-23-17-11-9-12-18-23)21-15-7-5-3-1-2-4-6-8-16-22-26(28)30-24-19-13-10-14-20-24;7-6-4-2-1-3-5-6/h9-14,17-20H,1-8,15-16,21-22H2;1-5,7H. The number of esters is 2. The second kappa shape index (κ2) is 19.6. The van der Waals surface area contributed by atoms with Gasteiger partial charge in [0, 0.05) is 12.8 Å². The van der Waals surface area contributed by atoms with E-state index in [9.17, 15) is 9.59 Å². The zero-order valence-electron chi connectivity index (χ0n) is 21.7. The summed E-state index contributed by atoms with van der Waals surface area (Å²) in [4.78, 5) is 23.5. The molecule has 0 aromatic heterocycles. The lowest BCUT2D eigenvalue weighted by Gasteiger charge is -2.05. The Labute approximate surface area is 221 Å². The summed E-state index contributed by atoms with van der Waals surface area (Å²) in [6, 6.07) is 27.2. The maximum atomic E-state index is 11.8. The van der Waals surface area contributed by atoms with E-state index in [0.29, 0.717) is 30.1 Å². The third-order valence-electron chi connectivity index (χ3n) is 5.72. The van der Waals surface area contributed by atoms with Crippen molar-refractivity contribution in [3.63, 3.8) is 0 Å². The minimum atomic E-state index is -0.145. The van der Waals surface area contributed by atoms with Gasteiger partial charge in [0.1, 0.15) is 17.2 Å². The number of aromatic hydroxyl groups is 1. The molecule has 0 saturated carbocycles. The van der Waals surface area contributed by atoms with Gasteiger partial charge in [-0.3, -0.25) is 9.59 Å². The first-order chi connectivity index (χ1) is 18.1. The molecule has 0 amide bonds. The molecule has 3 aromatic rings. The van der Waals surface area contributed by atoms with E-state index in [4.69, 9.17) is 14.6 Å². The molecular formula is C32H40O5. The van der Waals surface area contributed by atoms with E-state index in [0.717, 1.165) is 25.7 Å². The molecule has 0 aliphatic heterocycles. The van der Waals surface area contributed by atoms with Gasteiger partial charge in [0.15, 0.2) is 0 Å². The van der Waals surface area contributed by atoms with Crippen LogP contribution < -0.4 is 9.47 Å². The summed E-state index contributed by atoms with van der Waals surface area (Å²) in [7, 11) is 0. The molecule has 0 spiro atoms. The van der Waals surface area contributed by atoms with E-state index >= 15 is 0 Å². The highest BCUT2D eigenvalue weighted by atomic mass is 16.5. The number of carbonyl (C=O) groups is 2. The maximum Gasteiger partial charge on any atom is 0.311 e. The van der Waals surface area contributed by atoms with Gasteiger partial charge in [-0.05, 0) is 49.2 Å². The molecule has 0 unspecified atom stereocenters. The highest BCUT2D eigenvalue weighted by Crippen LogP contribution is 2.15. The van der Waals surface area contributed by atoms with Crippen LogP contribution in [0.1, 0.15) is 77.0 Å². The van der Waals surface area contributed by atoms with Gasteiger partial charge in [0.2, 0.25) is 0 Å². The molecule has 0 atom stereocenters. The molecule has 0 aliphatic carbocycles. The summed E-state index contributed by atoms with van der Waals surface area (Å²) < 4.78 is 10.6. The van der Waals surface area contributed by atoms with Crippen LogP contribution >= 0.6 is 0 Å². The largest absolute Gasteiger partial charge is 0.508 e. The smallest absolute Gasteiger partial charge is 0.311 e. The van der Waals surface area contributed by atoms with E-state index in [1.54, 1.807) is 48.5 Å². The molecule has 1 N–H and O–H groups in total. The number of carbonyl (C=O) groups excluding carboxylic acids is 2. The maximum absolute atomic E-state index is 11.8. The predicted molar refractivity (Wildman–Crippen MR) is 148 cm³/mol. The number of unbranched alkanes of at least 4 members (excludes halogenated alkanes) is 9. The van der Waals surface area contributed by atoms with Crippen molar-refractivity contribution in [2.45, 2.75) is 77.0 Å². The van der Waals surface area contributed by atoms with E-state index in [1.165, 1.54) is 38.5 Å². The fourth-order valence-corrected chi connectivity index (χ4v) is 3.72. The van der Waals surface area contributed by atoms with Crippen molar-refractivity contribution in [2.75, 3.05) is 0 Å². The van der Waals surface area contributed by atoms with Gasteiger partial charge in [-0.15, -0.1) is 0 Å². The average molecular weight is 505 g/mol. The lowest BCUT2D eigenvalue weighted by Crippen LogP contribution is -2.07. The summed E-state index contributed by atoms with van der Waals surface area (Å²) in [5, 5.41) is 8.63. The van der Waals surface area contributed by atoms with E-state index in [-0.39, 0.29) is 11.9 Å². The molecule has 0 radical (unpaired) electrons. The average Bonchev–Trinajstić information content (AvgIpc) is 2.91. The topological polar surface area (TPSA) is 72.8 Å². The van der Waals surface area contributed by atoms with Crippen LogP contribution in [0, 0.1) is 0 Å². The summed E-state index contributed by atoms with van der Waals surface area (Å²) in [5.74, 6) is 1.27. The van der Waals surface area contributed by atoms with Crippen LogP contribution in [0.3, 0.4) is 0 Å². The third-order valence-corrected chi connectivity index (χ3v) is 5.72. The Morgan fingerprint density at radius 1 is 0.459 bits per heavy atom. The van der Waals surface area contributed by atoms with Gasteiger partial charge < -0.3 is 14.6 Å². The summed E-state index contributed by atoms with van der Waals surface area (Å²) in [6.07, 6.45) is 12.2. The molecule has 0 heterocycles. The SMILES string of the molecule is O=C(CCCCCCCCCCCCC(=O)Oc1ccccc1)Oc1ccccc1.Oc1ccccc1. The fraction of sp³-hybridized carbons (Fsp3) is 0.375. The van der Waals surface area contributed by atoms with Crippen molar-refractivity contribution in [1.29, 1.82) is 0 Å². The molecule has 3 aromatic carbocycles. The van der Waals surface area contributed by atoms with Gasteiger partial charge in [0.25, 0.3) is 0 Å². The minimum absolute atomic E-state index is 0.145. The first kappa shape index (κ1) is 29.6. The van der Waals surface area contributed by atoms with Gasteiger partial charge >= 0.3 is 11.9 Å². The lowest BCUT2D eigenvalue weighted by atomic mass is 10.1. The van der Waals surface area contributed by atoms with Crippen molar-refractivity contribution in [3.8, 4) is 17.2 Å². The van der Waals surface area contributed by atoms with Crippen molar-refractivity contribution in [3.05, 3.63) is 91.0 Å². The zero-order valence-corrected chi connectivity index (χ0v) is 21.7. The van der Waals surface area contributed by atoms with Crippen LogP contribution in [0.2, 0.25) is 0 Å². The number of ether oxygens (including phenoxy) is 2. The van der Waals surface area contributed by atoms with Crippen LogP contribution in [0.15, 0.2) is 91.0 Å². The number of phenolic OH excluding ortho intramolecular Hbond substituents is 1. The van der Waals surface area contributed by atoms with Crippen molar-refractivity contribution >= 4 is 11.9 Å². The Kier molecular flexibility index (Phi) is 15.7. The number of rotatable bonds is 15. The number of phenols is 1. The van der Waals surface area contributed by atoms with Gasteiger partial charge in [-0.2, -0.15) is 0 Å². The molecule has 5 heteroatoms. The molecular weight excluding hydrogens is 464 g/mol. The quantitative estimate of drug-likeness (QED) is 0.128. The number of hydrogen-bond donors (Lipinski definition) is 1. The van der Waals surface area contributed by atoms with Crippen LogP contribution in [-0.2, 0) is 9.59 Å². The molecule has 0 saturated heterocycles. The first-order valence-corrected chi connectivity index (χ1v) is 13.4. The molecule has 5 nitrogen and oxygen atoms in total. The Morgan fingerprint density at radius 3 is 1.05 bits per heavy atom. The second-order valence-electron chi connectivity index (χ2n) is 8.95. The van der Waals surface area contributed by atoms with Gasteiger partial charge in [-0.25, -0.2) is 0 Å². The van der Waals surface area contributed by atoms with Crippen molar-refractivity contribution in [2.24, 2.45) is 0 Å². The molecule has 198 valence electrons. The molecule has 0 bridgehead atoms. The van der Waals surface area contributed by atoms with E-state index in [1.807, 2.05) is 42.5 Å². The normalized spacial score (nSPS) is 10.2. The van der Waals surface area contributed by atoms with Crippen molar-refractivity contribution in [1.82, 2.24) is 0 Å². The summed E-state index contributed by atoms with van der Waals surface area (Å²) in [6.45, 7) is 0. The van der Waals surface area contributed by atoms with Crippen LogP contribution in [0.25, 0.3) is 0 Å². The molecule has 0 aliphatic rings. The Balaban J connectivity index is 0.000000591. The molecule has 3 rings (SSSR count). The highest BCUT2D eigenvalue weighted by Gasteiger charge is 2.05.